The Bertz CT molecular complexity index is 953. The van der Waals surface area contributed by atoms with E-state index in [0.717, 1.165) is 61.2 Å². The molecule has 27 heavy (non-hydrogen) atoms. The molecule has 4 rings (SSSR count). The molecule has 0 atom stereocenters. The number of aromatic nitrogens is 5. The average molecular weight is 366 g/mol. The van der Waals surface area contributed by atoms with E-state index in [9.17, 15) is 4.79 Å². The monoisotopic (exact) mass is 366 g/mol. The third-order valence-electron chi connectivity index (χ3n) is 4.97. The molecular weight excluding hydrogens is 340 g/mol. The summed E-state index contributed by atoms with van der Waals surface area (Å²) in [6.07, 6.45) is 7.84. The first-order valence-corrected chi connectivity index (χ1v) is 9.86. The number of carbonyl (C=O) groups excluding carboxylic acids is 1. The molecule has 0 spiro atoms. The lowest BCUT2D eigenvalue weighted by Crippen LogP contribution is -2.25. The zero-order valence-corrected chi connectivity index (χ0v) is 16.0. The van der Waals surface area contributed by atoms with Gasteiger partial charge in [0.2, 0.25) is 0 Å². The van der Waals surface area contributed by atoms with Crippen molar-refractivity contribution in [2.75, 3.05) is 0 Å². The summed E-state index contributed by atoms with van der Waals surface area (Å²) in [6, 6.07) is 3.91. The van der Waals surface area contributed by atoms with E-state index in [1.807, 2.05) is 21.5 Å². The lowest BCUT2D eigenvalue weighted by molar-refractivity contribution is 0.0951. The highest BCUT2D eigenvalue weighted by Gasteiger charge is 2.28. The van der Waals surface area contributed by atoms with Crippen LogP contribution in [0.4, 0.5) is 0 Å². The molecule has 7 nitrogen and oxygen atoms in total. The predicted octanol–water partition coefficient (Wildman–Crippen LogP) is 3.26. The number of hydrogen-bond acceptors (Lipinski definition) is 4. The number of rotatable bonds is 8. The van der Waals surface area contributed by atoms with Crippen LogP contribution in [0.2, 0.25) is 0 Å². The Morgan fingerprint density at radius 1 is 1.19 bits per heavy atom. The molecule has 0 saturated heterocycles. The minimum absolute atomic E-state index is 0.0791. The molecule has 3 heterocycles. The standard InChI is InChI=1S/C20H26N6O/c1-3-9-25-15(7-8-22-25)12-21-20(27)16-11-18(14-5-6-14)24-19-17(16)13-23-26(19)10-4-2/h7-8,11,13-14H,3-6,9-10,12H2,1-2H3,(H,21,27). The molecule has 0 radical (unpaired) electrons. The van der Waals surface area contributed by atoms with Gasteiger partial charge >= 0.3 is 0 Å². The van der Waals surface area contributed by atoms with Crippen LogP contribution in [0.25, 0.3) is 11.0 Å². The van der Waals surface area contributed by atoms with Gasteiger partial charge < -0.3 is 5.32 Å². The van der Waals surface area contributed by atoms with E-state index in [2.05, 4.69) is 29.4 Å². The van der Waals surface area contributed by atoms with E-state index in [1.54, 1.807) is 12.4 Å². The molecule has 3 aromatic heterocycles. The number of nitrogens with zero attached hydrogens (tertiary/aromatic N) is 5. The van der Waals surface area contributed by atoms with Crippen LogP contribution in [0.3, 0.4) is 0 Å². The van der Waals surface area contributed by atoms with Crippen molar-refractivity contribution in [1.82, 2.24) is 29.9 Å². The number of nitrogens with one attached hydrogen (secondary N) is 1. The normalized spacial score (nSPS) is 14.0. The fraction of sp³-hybridized carbons (Fsp3) is 0.500. The second-order valence-electron chi connectivity index (χ2n) is 7.20. The van der Waals surface area contributed by atoms with Crippen molar-refractivity contribution >= 4 is 16.9 Å². The van der Waals surface area contributed by atoms with Gasteiger partial charge in [0.25, 0.3) is 5.91 Å². The summed E-state index contributed by atoms with van der Waals surface area (Å²) < 4.78 is 3.85. The second-order valence-corrected chi connectivity index (χ2v) is 7.20. The molecule has 1 fully saturated rings. The highest BCUT2D eigenvalue weighted by molar-refractivity contribution is 6.05. The molecule has 1 amide bonds. The van der Waals surface area contributed by atoms with Crippen molar-refractivity contribution in [2.24, 2.45) is 0 Å². The van der Waals surface area contributed by atoms with Crippen LogP contribution in [-0.4, -0.2) is 30.5 Å². The maximum atomic E-state index is 13.0. The zero-order valence-electron chi connectivity index (χ0n) is 16.0. The minimum Gasteiger partial charge on any atom is -0.346 e. The molecule has 0 bridgehead atoms. The summed E-state index contributed by atoms with van der Waals surface area (Å²) in [4.78, 5) is 17.8. The number of hydrogen-bond donors (Lipinski definition) is 1. The van der Waals surface area contributed by atoms with Gasteiger partial charge in [-0.2, -0.15) is 10.2 Å². The molecule has 0 unspecified atom stereocenters. The van der Waals surface area contributed by atoms with Gasteiger partial charge in [0.15, 0.2) is 5.65 Å². The van der Waals surface area contributed by atoms with Crippen LogP contribution in [-0.2, 0) is 19.6 Å². The predicted molar refractivity (Wildman–Crippen MR) is 103 cm³/mol. The highest BCUT2D eigenvalue weighted by atomic mass is 16.1. The number of pyridine rings is 1. The Hall–Kier alpha value is -2.70. The third kappa shape index (κ3) is 3.59. The minimum atomic E-state index is -0.0791. The SMILES string of the molecule is CCCn1nccc1CNC(=O)c1cc(C2CC2)nc2c1cnn2CCC. The van der Waals surface area contributed by atoms with E-state index < -0.39 is 0 Å². The molecular formula is C20H26N6O. The van der Waals surface area contributed by atoms with Crippen molar-refractivity contribution < 1.29 is 4.79 Å². The first kappa shape index (κ1) is 17.7. The Labute approximate surface area is 158 Å². The summed E-state index contributed by atoms with van der Waals surface area (Å²) in [5, 5.41) is 12.7. The van der Waals surface area contributed by atoms with Gasteiger partial charge in [0.1, 0.15) is 0 Å². The van der Waals surface area contributed by atoms with Gasteiger partial charge in [-0.3, -0.25) is 9.48 Å². The van der Waals surface area contributed by atoms with E-state index >= 15 is 0 Å². The molecule has 3 aromatic rings. The first-order valence-electron chi connectivity index (χ1n) is 9.86. The largest absolute Gasteiger partial charge is 0.346 e. The van der Waals surface area contributed by atoms with Crippen molar-refractivity contribution in [1.29, 1.82) is 0 Å². The van der Waals surface area contributed by atoms with Gasteiger partial charge in [0, 0.05) is 30.9 Å². The summed E-state index contributed by atoms with van der Waals surface area (Å²) in [6.45, 7) is 6.36. The fourth-order valence-electron chi connectivity index (χ4n) is 3.41. The Morgan fingerprint density at radius 2 is 1.96 bits per heavy atom. The Balaban J connectivity index is 1.61. The molecule has 1 N–H and O–H groups in total. The van der Waals surface area contributed by atoms with Crippen LogP contribution < -0.4 is 5.32 Å². The zero-order chi connectivity index (χ0) is 18.8. The lowest BCUT2D eigenvalue weighted by atomic mass is 10.1. The molecule has 1 saturated carbocycles. The van der Waals surface area contributed by atoms with Crippen molar-refractivity contribution in [2.45, 2.75) is 65.1 Å². The third-order valence-corrected chi connectivity index (χ3v) is 4.97. The number of amides is 1. The Morgan fingerprint density at radius 3 is 2.70 bits per heavy atom. The smallest absolute Gasteiger partial charge is 0.252 e. The quantitative estimate of drug-likeness (QED) is 0.664. The summed E-state index contributed by atoms with van der Waals surface area (Å²) in [5.74, 6) is 0.404. The van der Waals surface area contributed by atoms with E-state index in [1.165, 1.54) is 0 Å². The maximum Gasteiger partial charge on any atom is 0.252 e. The van der Waals surface area contributed by atoms with Crippen molar-refractivity contribution in [3.8, 4) is 0 Å². The molecule has 1 aliphatic rings. The van der Waals surface area contributed by atoms with E-state index in [4.69, 9.17) is 4.98 Å². The highest BCUT2D eigenvalue weighted by Crippen LogP contribution is 2.40. The number of aryl methyl sites for hydroxylation is 2. The second kappa shape index (κ2) is 7.50. The first-order chi connectivity index (χ1) is 13.2. The molecule has 0 aromatic carbocycles. The number of fused-ring (bicyclic) bond motifs is 1. The van der Waals surface area contributed by atoms with Gasteiger partial charge in [-0.25, -0.2) is 9.67 Å². The van der Waals surface area contributed by atoms with Crippen LogP contribution in [0.15, 0.2) is 24.5 Å². The summed E-state index contributed by atoms with van der Waals surface area (Å²) >= 11 is 0. The van der Waals surface area contributed by atoms with Crippen molar-refractivity contribution in [3.05, 3.63) is 41.5 Å². The van der Waals surface area contributed by atoms with Gasteiger partial charge in [-0.15, -0.1) is 0 Å². The van der Waals surface area contributed by atoms with Gasteiger partial charge in [-0.1, -0.05) is 13.8 Å². The van der Waals surface area contributed by atoms with Crippen LogP contribution in [0.5, 0.6) is 0 Å². The van der Waals surface area contributed by atoms with Crippen LogP contribution >= 0.6 is 0 Å². The van der Waals surface area contributed by atoms with Gasteiger partial charge in [0.05, 0.1) is 29.4 Å². The summed E-state index contributed by atoms with van der Waals surface area (Å²) in [5.41, 5.74) is 3.52. The van der Waals surface area contributed by atoms with E-state index in [0.29, 0.717) is 18.0 Å². The molecule has 142 valence electrons. The topological polar surface area (TPSA) is 77.6 Å². The van der Waals surface area contributed by atoms with Gasteiger partial charge in [-0.05, 0) is 37.8 Å². The maximum absolute atomic E-state index is 13.0. The Kier molecular flexibility index (Phi) is 4.92. The lowest BCUT2D eigenvalue weighted by Gasteiger charge is -2.10. The number of carbonyl (C=O) groups is 1. The van der Waals surface area contributed by atoms with Crippen molar-refractivity contribution in [3.63, 3.8) is 0 Å². The molecule has 7 heteroatoms. The average Bonchev–Trinajstić information content (AvgIpc) is 3.31. The molecule has 0 aliphatic heterocycles. The van der Waals surface area contributed by atoms with Crippen LogP contribution in [0.1, 0.15) is 67.2 Å². The fourth-order valence-corrected chi connectivity index (χ4v) is 3.41. The molecule has 1 aliphatic carbocycles. The summed E-state index contributed by atoms with van der Waals surface area (Å²) in [7, 11) is 0. The van der Waals surface area contributed by atoms with E-state index in [-0.39, 0.29) is 5.91 Å². The van der Waals surface area contributed by atoms with Crippen LogP contribution in [0, 0.1) is 0 Å².